The number of aromatic amines is 3. The SMILES string of the molecule is CC(C)[NH+](C[C@H]1O[C@@H](n2cnc3c(N)ncnc32)[C@H](O)[C@@H]1O)C1CC(CCc2nc3ccc(C(C)(C)C)cc3[nH]2)C1.CC(C)[NH+](C[C@H]1O[C@@H](n2cnc3c(N)ncnc32)[C@H](O)[C@@H]1O)C1CC(CCc2nc3ccc(C(C)(C)CO)cc3[nH]2)C1.CC(C)[NH+](C[C@H]1O[C@@H](n2cnc3c(N)ncnc32)[C@H](O)[C@@H]1O)C1CC(CCc2nc3ccc(C(C)(C)CO)cc3[nH]2)C1.[OH-]. The number of quaternary nitrogens is 3. The number of benzene rings is 3. The Morgan fingerprint density at radius 2 is 0.683 bits per heavy atom. The number of fused-ring (bicyclic) bond motifs is 6. The number of rotatable bonds is 28. The highest BCUT2D eigenvalue weighted by Crippen LogP contribution is 2.40. The summed E-state index contributed by atoms with van der Waals surface area (Å²) in [6, 6.07) is 21.4. The third kappa shape index (κ3) is 18.6. The number of aliphatic hydroxyl groups excluding tert-OH is 8. The molecule has 0 amide bonds. The highest BCUT2D eigenvalue weighted by molar-refractivity contribution is 5.83. The summed E-state index contributed by atoms with van der Waals surface area (Å²) in [5.74, 6) is 5.75. The summed E-state index contributed by atoms with van der Waals surface area (Å²) < 4.78 is 23.6. The molecule has 12 heterocycles. The van der Waals surface area contributed by atoms with Crippen LogP contribution in [0.1, 0.15) is 201 Å². The molecule has 36 heteroatoms. The van der Waals surface area contributed by atoms with Crippen LogP contribution < -0.4 is 31.9 Å². The number of anilines is 3. The van der Waals surface area contributed by atoms with E-state index in [0.29, 0.717) is 107 Å². The largest absolute Gasteiger partial charge is 0.870 e. The van der Waals surface area contributed by atoms with Crippen molar-refractivity contribution in [3.05, 3.63) is 127 Å². The van der Waals surface area contributed by atoms with Gasteiger partial charge >= 0.3 is 0 Å². The number of aromatic nitrogens is 18. The lowest BCUT2D eigenvalue weighted by Gasteiger charge is -2.43. The Kier molecular flexibility index (Phi) is 26.8. The zero-order valence-corrected chi connectivity index (χ0v) is 74.5. The van der Waals surface area contributed by atoms with Crippen molar-refractivity contribution < 1.29 is 75.2 Å². The van der Waals surface area contributed by atoms with E-state index in [4.69, 9.17) is 46.4 Å². The van der Waals surface area contributed by atoms with Gasteiger partial charge in [0.25, 0.3) is 0 Å². The minimum atomic E-state index is -1.11. The van der Waals surface area contributed by atoms with Crippen molar-refractivity contribution in [3.63, 3.8) is 0 Å². The van der Waals surface area contributed by atoms with Crippen molar-refractivity contribution in [2.45, 2.75) is 293 Å². The number of nitrogen functional groups attached to an aromatic ring is 3. The minimum absolute atomic E-state index is 0. The normalized spacial score (nSPS) is 27.1. The van der Waals surface area contributed by atoms with Crippen molar-refractivity contribution in [1.82, 2.24) is 88.5 Å². The van der Waals surface area contributed by atoms with Gasteiger partial charge in [0.05, 0.1) is 102 Å². The molecule has 3 aliphatic heterocycles. The maximum Gasteiger partial charge on any atom is 0.167 e. The number of H-pyrrole nitrogens is 3. The zero-order valence-electron chi connectivity index (χ0n) is 74.5. The first-order valence-corrected chi connectivity index (χ1v) is 44.7. The summed E-state index contributed by atoms with van der Waals surface area (Å²) in [4.78, 5) is 66.7. The van der Waals surface area contributed by atoms with E-state index >= 15 is 0 Å². The first kappa shape index (κ1) is 91.3. The molecule has 6 fully saturated rings. The summed E-state index contributed by atoms with van der Waals surface area (Å²) in [5.41, 5.74) is 29.6. The number of aliphatic hydroxyl groups is 8. The zero-order chi connectivity index (χ0) is 88.6. The molecule has 21 N–H and O–H groups in total. The topological polar surface area (TPSA) is 528 Å². The molecule has 12 aromatic rings. The van der Waals surface area contributed by atoms with Gasteiger partial charge in [0.1, 0.15) is 128 Å². The van der Waals surface area contributed by atoms with Crippen LogP contribution in [0.4, 0.5) is 17.5 Å². The van der Waals surface area contributed by atoms with E-state index in [2.05, 4.69) is 165 Å². The molecule has 9 aromatic heterocycles. The lowest BCUT2D eigenvalue weighted by molar-refractivity contribution is -0.956. The highest BCUT2D eigenvalue weighted by atomic mass is 16.6. The number of ether oxygens (including phenoxy) is 3. The maximum absolute atomic E-state index is 11.0. The summed E-state index contributed by atoms with van der Waals surface area (Å²) in [5, 5.41) is 85.0. The number of nitrogens with zero attached hydrogens (tertiary/aromatic N) is 15. The van der Waals surface area contributed by atoms with Crippen LogP contribution in [0.25, 0.3) is 66.6 Å². The minimum Gasteiger partial charge on any atom is -0.870 e. The van der Waals surface area contributed by atoms with Crippen LogP contribution >= 0.6 is 0 Å². The van der Waals surface area contributed by atoms with Gasteiger partial charge in [0.2, 0.25) is 0 Å². The lowest BCUT2D eigenvalue weighted by Crippen LogP contribution is -3.20. The first-order chi connectivity index (χ1) is 59.6. The molecule has 6 aliphatic rings. The van der Waals surface area contributed by atoms with Gasteiger partial charge in [-0.15, -0.1) is 0 Å². The van der Waals surface area contributed by atoms with Crippen LogP contribution in [-0.4, -0.2) is 259 Å². The van der Waals surface area contributed by atoms with Crippen LogP contribution in [0.15, 0.2) is 92.6 Å². The van der Waals surface area contributed by atoms with Crippen molar-refractivity contribution in [3.8, 4) is 0 Å². The van der Waals surface area contributed by atoms with Crippen molar-refractivity contribution in [2.24, 2.45) is 17.8 Å². The first-order valence-electron chi connectivity index (χ1n) is 44.7. The average Bonchev–Trinajstić information content (AvgIpc) is 1.62. The predicted molar refractivity (Wildman–Crippen MR) is 474 cm³/mol. The maximum atomic E-state index is 11.0. The quantitative estimate of drug-likeness (QED) is 0.0334. The van der Waals surface area contributed by atoms with Gasteiger partial charge in [-0.2, -0.15) is 0 Å². The fourth-order valence-corrected chi connectivity index (χ4v) is 19.7. The van der Waals surface area contributed by atoms with Crippen LogP contribution in [0.5, 0.6) is 0 Å². The summed E-state index contributed by atoms with van der Waals surface area (Å²) in [6.45, 7) is 30.0. The molecule has 0 bridgehead atoms. The molecule has 36 nitrogen and oxygen atoms in total. The molecule has 0 radical (unpaired) electrons. The van der Waals surface area contributed by atoms with Crippen LogP contribution in [0, 0.1) is 17.8 Å². The molecule has 3 unspecified atom stereocenters. The number of imidazole rings is 6. The number of hydrogen-bond acceptors (Lipinski definition) is 27. The van der Waals surface area contributed by atoms with E-state index in [1.165, 1.54) is 58.2 Å². The van der Waals surface area contributed by atoms with Crippen molar-refractivity contribution in [1.29, 1.82) is 0 Å². The average molecular weight is 1740 g/mol. The molecule has 18 rings (SSSR count). The summed E-state index contributed by atoms with van der Waals surface area (Å²) in [7, 11) is 0. The molecule has 3 saturated heterocycles. The Bertz CT molecular complexity index is 5470. The van der Waals surface area contributed by atoms with E-state index in [9.17, 15) is 40.9 Å². The second-order valence-electron chi connectivity index (χ2n) is 39.5. The molecule has 680 valence electrons. The van der Waals surface area contributed by atoms with Crippen molar-refractivity contribution in [2.75, 3.05) is 50.0 Å². The number of hydrogen-bond donors (Lipinski definition) is 17. The summed E-state index contributed by atoms with van der Waals surface area (Å²) >= 11 is 0. The molecule has 3 aromatic carbocycles. The smallest absolute Gasteiger partial charge is 0.167 e. The van der Waals surface area contributed by atoms with E-state index in [1.807, 2.05) is 39.8 Å². The van der Waals surface area contributed by atoms with Gasteiger partial charge in [0.15, 0.2) is 53.1 Å². The molecule has 126 heavy (non-hydrogen) atoms. The molecule has 15 atom stereocenters. The summed E-state index contributed by atoms with van der Waals surface area (Å²) in [6.07, 6.45) is 11.0. The van der Waals surface area contributed by atoms with E-state index in [1.54, 1.807) is 13.7 Å². The third-order valence-electron chi connectivity index (χ3n) is 28.0. The third-order valence-corrected chi connectivity index (χ3v) is 28.0. The fraction of sp³-hybridized carbons (Fsp3) is 0.600. The van der Waals surface area contributed by atoms with Crippen LogP contribution in [0.3, 0.4) is 0 Å². The molecule has 0 spiro atoms. The standard InChI is InChI=1S/2C30H42N8O4.C30H42N8O3.H2O/c2*1-16(2)37(12-22-25(40)26(41)29(42-22)38-15-34-24-27(31)32-14-33-28(24)38)19-9-17(10-19)5-8-23-35-20-7-6-18(11-21(20)36-23)30(3,4)13-39;1-16(2)37(13-22-25(39)26(40)29(41-22)38-15-34-24-27(31)32-14-33-28(24)38)19-10-17(11-19)6-9-23-35-20-8-7-18(30(3,4)5)12-21(20)36-23;/h2*6-7,11,14-17,19,22,25-26,29,39-41H,5,8-10,12-13H2,1-4H3,(H,35,36)(H2,31,32,33);7-8,12,14-17,19,22,25-26,29,39-40H,6,9-11,13H2,1-5H3,(H,35,36)(H2,31,32,33);1H2/p+2/t3*17?,19?,22-,25-,26-,29-;/m111./s1. The van der Waals surface area contributed by atoms with Gasteiger partial charge in [-0.05, 0) is 137 Å². The van der Waals surface area contributed by atoms with Gasteiger partial charge in [-0.25, -0.2) is 59.8 Å². The van der Waals surface area contributed by atoms with E-state index in [-0.39, 0.29) is 52.4 Å². The van der Waals surface area contributed by atoms with Crippen LogP contribution in [-0.2, 0) is 49.7 Å². The Balaban J connectivity index is 0.000000145. The van der Waals surface area contributed by atoms with Crippen LogP contribution in [0.2, 0.25) is 0 Å². The Morgan fingerprint density at radius 3 is 0.952 bits per heavy atom. The Hall–Kier alpha value is -9.48. The Labute approximate surface area is 731 Å². The molecular formula is C90H130N24O12+2. The number of nitrogens with two attached hydrogens (primary N) is 3. The van der Waals surface area contributed by atoms with Crippen molar-refractivity contribution >= 4 is 84.0 Å². The highest BCUT2D eigenvalue weighted by Gasteiger charge is 2.52. The fourth-order valence-electron chi connectivity index (χ4n) is 19.7. The van der Waals surface area contributed by atoms with Gasteiger partial charge in [-0.1, -0.05) is 66.7 Å². The molecular weight excluding hydrogens is 1610 g/mol. The van der Waals surface area contributed by atoms with Gasteiger partial charge in [-0.3, -0.25) is 13.7 Å². The van der Waals surface area contributed by atoms with Gasteiger partial charge in [0, 0.05) is 68.6 Å². The second-order valence-corrected chi connectivity index (χ2v) is 39.5. The van der Waals surface area contributed by atoms with E-state index < -0.39 is 73.6 Å². The van der Waals surface area contributed by atoms with E-state index in [0.717, 1.165) is 139 Å². The van der Waals surface area contributed by atoms with Gasteiger partial charge < -0.3 is 107 Å². The molecule has 3 aliphatic carbocycles. The monoisotopic (exact) mass is 1740 g/mol. The Morgan fingerprint density at radius 1 is 0.405 bits per heavy atom. The number of aryl methyl sites for hydroxylation is 3. The molecule has 3 saturated carbocycles. The predicted octanol–water partition coefficient (Wildman–Crippen LogP) is 3.49. The number of nitrogens with one attached hydrogen (secondary N) is 6. The second kappa shape index (κ2) is 36.9. The lowest BCUT2D eigenvalue weighted by atomic mass is 9.76.